The fourth-order valence-electron chi connectivity index (χ4n) is 0.728. The zero-order chi connectivity index (χ0) is 13.3. The van der Waals surface area contributed by atoms with E-state index in [2.05, 4.69) is 4.42 Å². The van der Waals surface area contributed by atoms with E-state index in [1.165, 1.54) is 12.3 Å². The molecule has 1 atom stereocenters. The molecular formula is C10H13NO6. The van der Waals surface area contributed by atoms with Crippen molar-refractivity contribution < 1.29 is 24.2 Å². The minimum Gasteiger partial charge on any atom is -0.481 e. The van der Waals surface area contributed by atoms with Crippen LogP contribution in [-0.2, 0) is 9.59 Å². The molecule has 0 aliphatic carbocycles. The number of carboxylic acids is 2. The summed E-state index contributed by atoms with van der Waals surface area (Å²) in [6, 6.07) is 3.59. The van der Waals surface area contributed by atoms with Gasteiger partial charge >= 0.3 is 17.6 Å². The van der Waals surface area contributed by atoms with Crippen molar-refractivity contribution in [3.05, 3.63) is 34.9 Å². The van der Waals surface area contributed by atoms with Gasteiger partial charge in [-0.05, 0) is 12.5 Å². The average Bonchev–Trinajstić information content (AvgIpc) is 2.27. The molecule has 17 heavy (non-hydrogen) atoms. The van der Waals surface area contributed by atoms with Gasteiger partial charge in [0.25, 0.3) is 0 Å². The molecule has 0 radical (unpaired) electrons. The van der Waals surface area contributed by atoms with Crippen LogP contribution < -0.4 is 11.4 Å². The average molecular weight is 243 g/mol. The topological polar surface area (TPSA) is 131 Å². The number of nitrogens with two attached hydrogens (primary N) is 1. The number of carbonyl (C=O) groups is 2. The molecule has 1 aromatic rings. The first kappa shape index (κ1) is 14.8. The molecule has 0 amide bonds. The Kier molecular flexibility index (Phi) is 7.04. The Morgan fingerprint density at radius 1 is 1.35 bits per heavy atom. The summed E-state index contributed by atoms with van der Waals surface area (Å²) in [4.78, 5) is 30.0. The van der Waals surface area contributed by atoms with Crippen molar-refractivity contribution in [2.24, 2.45) is 5.73 Å². The van der Waals surface area contributed by atoms with E-state index < -0.39 is 18.0 Å². The van der Waals surface area contributed by atoms with E-state index in [1.54, 1.807) is 12.1 Å². The highest BCUT2D eigenvalue weighted by atomic mass is 16.4. The van der Waals surface area contributed by atoms with Crippen LogP contribution in [0.15, 0.2) is 33.7 Å². The molecule has 7 nitrogen and oxygen atoms in total. The van der Waals surface area contributed by atoms with Gasteiger partial charge in [0.1, 0.15) is 6.04 Å². The first-order chi connectivity index (χ1) is 7.93. The maximum atomic E-state index is 10.1. The van der Waals surface area contributed by atoms with Crippen LogP contribution in [0.2, 0.25) is 0 Å². The van der Waals surface area contributed by atoms with Crippen molar-refractivity contribution in [1.82, 2.24) is 0 Å². The summed E-state index contributed by atoms with van der Waals surface area (Å²) in [5, 5.41) is 16.3. The molecule has 0 bridgehead atoms. The van der Waals surface area contributed by atoms with Gasteiger partial charge in [0.05, 0.1) is 6.26 Å². The molecule has 94 valence electrons. The van der Waals surface area contributed by atoms with Crippen molar-refractivity contribution in [2.45, 2.75) is 18.9 Å². The Hall–Kier alpha value is -2.15. The molecule has 1 heterocycles. The molecular weight excluding hydrogens is 230 g/mol. The van der Waals surface area contributed by atoms with Crippen LogP contribution in [0, 0.1) is 0 Å². The van der Waals surface area contributed by atoms with Crippen LogP contribution in [0.5, 0.6) is 0 Å². The lowest BCUT2D eigenvalue weighted by atomic mass is 10.2. The van der Waals surface area contributed by atoms with Crippen molar-refractivity contribution in [1.29, 1.82) is 0 Å². The molecule has 0 unspecified atom stereocenters. The van der Waals surface area contributed by atoms with Crippen LogP contribution in [0.3, 0.4) is 0 Å². The van der Waals surface area contributed by atoms with Crippen molar-refractivity contribution >= 4 is 11.9 Å². The summed E-state index contributed by atoms with van der Waals surface area (Å²) in [7, 11) is 0. The zero-order valence-corrected chi connectivity index (χ0v) is 8.91. The van der Waals surface area contributed by atoms with Crippen LogP contribution >= 0.6 is 0 Å². The molecule has 0 aliphatic heterocycles. The van der Waals surface area contributed by atoms with E-state index in [4.69, 9.17) is 15.9 Å². The molecule has 0 saturated carbocycles. The quantitative estimate of drug-likeness (QED) is 0.672. The maximum absolute atomic E-state index is 10.1. The minimum absolute atomic E-state index is 0.0231. The zero-order valence-electron chi connectivity index (χ0n) is 8.91. The number of hydrogen-bond donors (Lipinski definition) is 3. The summed E-state index contributed by atoms with van der Waals surface area (Å²) in [5.41, 5.74) is 4.70. The highest BCUT2D eigenvalue weighted by Gasteiger charge is 2.12. The van der Waals surface area contributed by atoms with E-state index in [1.807, 2.05) is 0 Å². The Labute approximate surface area is 96.5 Å². The van der Waals surface area contributed by atoms with Crippen molar-refractivity contribution in [3.63, 3.8) is 0 Å². The predicted molar refractivity (Wildman–Crippen MR) is 57.5 cm³/mol. The smallest absolute Gasteiger partial charge is 0.335 e. The largest absolute Gasteiger partial charge is 0.481 e. The Morgan fingerprint density at radius 2 is 2.00 bits per heavy atom. The van der Waals surface area contributed by atoms with E-state index in [9.17, 15) is 14.4 Å². The van der Waals surface area contributed by atoms with Gasteiger partial charge in [-0.3, -0.25) is 9.59 Å². The maximum Gasteiger partial charge on any atom is 0.335 e. The van der Waals surface area contributed by atoms with Gasteiger partial charge in [-0.15, -0.1) is 0 Å². The third-order valence-corrected chi connectivity index (χ3v) is 1.59. The lowest BCUT2D eigenvalue weighted by Crippen LogP contribution is -2.30. The van der Waals surface area contributed by atoms with Gasteiger partial charge in [0, 0.05) is 12.5 Å². The number of rotatable bonds is 4. The molecule has 7 heteroatoms. The first-order valence-electron chi connectivity index (χ1n) is 4.67. The fourth-order valence-corrected chi connectivity index (χ4v) is 0.728. The Balaban J connectivity index is 0.000000318. The second-order valence-electron chi connectivity index (χ2n) is 3.00. The molecule has 0 aliphatic rings. The minimum atomic E-state index is -1.17. The molecule has 1 aromatic heterocycles. The number of aliphatic carboxylic acids is 2. The molecule has 1 rings (SSSR count). The summed E-state index contributed by atoms with van der Waals surface area (Å²) >= 11 is 0. The summed E-state index contributed by atoms with van der Waals surface area (Å²) in [6.45, 7) is 0. The Bertz CT molecular complexity index is 396. The van der Waals surface area contributed by atoms with Crippen molar-refractivity contribution in [2.75, 3.05) is 0 Å². The van der Waals surface area contributed by atoms with Gasteiger partial charge in [-0.2, -0.15) is 0 Å². The second-order valence-corrected chi connectivity index (χ2v) is 3.00. The van der Waals surface area contributed by atoms with Gasteiger partial charge in [0.2, 0.25) is 0 Å². The molecule has 4 N–H and O–H groups in total. The monoisotopic (exact) mass is 243 g/mol. The van der Waals surface area contributed by atoms with Crippen LogP contribution in [0.25, 0.3) is 0 Å². The summed E-state index contributed by atoms with van der Waals surface area (Å²) in [5.74, 6) is -2.20. The van der Waals surface area contributed by atoms with Gasteiger partial charge in [-0.25, -0.2) is 4.79 Å². The van der Waals surface area contributed by atoms with Gasteiger partial charge in [0.15, 0.2) is 0 Å². The highest BCUT2D eigenvalue weighted by Crippen LogP contribution is 1.93. The van der Waals surface area contributed by atoms with E-state index in [0.29, 0.717) is 0 Å². The molecule has 0 aromatic carbocycles. The lowest BCUT2D eigenvalue weighted by molar-refractivity contribution is -0.139. The number of hydrogen-bond acceptors (Lipinski definition) is 5. The van der Waals surface area contributed by atoms with Crippen LogP contribution in [0.4, 0.5) is 0 Å². The SMILES string of the molecule is N[C@@H](CCC(=O)O)C(=O)O.O=c1cccco1. The standard InChI is InChI=1S/C5H9NO4.C5H4O2/c6-3(5(9)10)1-2-4(7)8;6-5-3-1-2-4-7-5/h3H,1-2,6H2,(H,7,8)(H,9,10);1-4H/t3-;/m0./s1. The highest BCUT2D eigenvalue weighted by molar-refractivity contribution is 5.74. The molecule has 0 fully saturated rings. The van der Waals surface area contributed by atoms with Gasteiger partial charge in [-0.1, -0.05) is 6.07 Å². The van der Waals surface area contributed by atoms with E-state index in [-0.39, 0.29) is 18.5 Å². The molecule has 0 saturated heterocycles. The normalized spacial score (nSPS) is 10.9. The van der Waals surface area contributed by atoms with Gasteiger partial charge < -0.3 is 20.4 Å². The predicted octanol–water partition coefficient (Wildman–Crippen LogP) is -0.0971. The van der Waals surface area contributed by atoms with E-state index in [0.717, 1.165) is 0 Å². The van der Waals surface area contributed by atoms with Crippen LogP contribution in [-0.4, -0.2) is 28.2 Å². The van der Waals surface area contributed by atoms with Crippen molar-refractivity contribution in [3.8, 4) is 0 Å². The first-order valence-corrected chi connectivity index (χ1v) is 4.67. The van der Waals surface area contributed by atoms with Crippen LogP contribution in [0.1, 0.15) is 12.8 Å². The summed E-state index contributed by atoms with van der Waals surface area (Å²) in [6.07, 6.45) is 1.13. The summed E-state index contributed by atoms with van der Waals surface area (Å²) < 4.78 is 4.37. The molecule has 0 spiro atoms. The number of carboxylic acid groups (broad SMARTS) is 2. The Morgan fingerprint density at radius 3 is 2.29 bits per heavy atom. The fraction of sp³-hybridized carbons (Fsp3) is 0.300. The van der Waals surface area contributed by atoms with E-state index >= 15 is 0 Å². The second kappa shape index (κ2) is 8.05. The third kappa shape index (κ3) is 8.82. The third-order valence-electron chi connectivity index (χ3n) is 1.59. The lowest BCUT2D eigenvalue weighted by Gasteiger charge is -2.01.